The highest BCUT2D eigenvalue weighted by atomic mass is 19.1. The van der Waals surface area contributed by atoms with Crippen molar-refractivity contribution >= 4 is 0 Å². The number of nitrogens with zero attached hydrogens (tertiary/aromatic N) is 1. The Morgan fingerprint density at radius 3 is 2.80 bits per heavy atom. The van der Waals surface area contributed by atoms with Gasteiger partial charge in [-0.2, -0.15) is 0 Å². The largest absolute Gasteiger partial charge is 0.328 e. The summed E-state index contributed by atoms with van der Waals surface area (Å²) in [5.74, 6) is 0. The molecule has 0 radical (unpaired) electrons. The summed E-state index contributed by atoms with van der Waals surface area (Å²) in [4.78, 5) is 2.14. The smallest absolute Gasteiger partial charge is 0.125 e. The third kappa shape index (κ3) is 2.55. The zero-order chi connectivity index (χ0) is 10.7. The molecule has 0 bridgehead atoms. The number of nitrogens with two attached hydrogens (primary N) is 1. The molecule has 0 saturated heterocycles. The van der Waals surface area contributed by atoms with Gasteiger partial charge in [0.1, 0.15) is 6.17 Å². The van der Waals surface area contributed by atoms with Crippen LogP contribution >= 0.6 is 0 Å². The quantitative estimate of drug-likeness (QED) is 0.812. The molecule has 15 heavy (non-hydrogen) atoms. The van der Waals surface area contributed by atoms with Gasteiger partial charge in [-0.25, -0.2) is 4.39 Å². The molecular weight excluding hydrogens is 191 g/mol. The average molecular weight is 208 g/mol. The summed E-state index contributed by atoms with van der Waals surface area (Å²) in [7, 11) is 0. The Morgan fingerprint density at radius 1 is 1.33 bits per heavy atom. The Hall–Kier alpha value is -0.930. The van der Waals surface area contributed by atoms with Crippen molar-refractivity contribution in [3.05, 3.63) is 35.4 Å². The Bertz CT molecular complexity index is 327. The van der Waals surface area contributed by atoms with Crippen molar-refractivity contribution in [3.8, 4) is 0 Å². The molecule has 2 N–H and O–H groups in total. The topological polar surface area (TPSA) is 29.3 Å². The average Bonchev–Trinajstić information content (AvgIpc) is 2.29. The first-order chi connectivity index (χ1) is 7.29. The molecule has 0 saturated carbocycles. The number of alkyl halides is 1. The van der Waals surface area contributed by atoms with E-state index in [0.29, 0.717) is 6.54 Å². The van der Waals surface area contributed by atoms with E-state index in [2.05, 4.69) is 23.1 Å². The highest BCUT2D eigenvalue weighted by molar-refractivity contribution is 5.29. The molecule has 1 aliphatic heterocycles. The van der Waals surface area contributed by atoms with E-state index < -0.39 is 6.17 Å². The van der Waals surface area contributed by atoms with Gasteiger partial charge in [0, 0.05) is 26.2 Å². The summed E-state index contributed by atoms with van der Waals surface area (Å²) >= 11 is 0. The van der Waals surface area contributed by atoms with Gasteiger partial charge in [-0.15, -0.1) is 0 Å². The third-order valence-electron chi connectivity index (χ3n) is 2.92. The molecule has 0 spiro atoms. The molecule has 1 aromatic rings. The monoisotopic (exact) mass is 208 g/mol. The summed E-state index contributed by atoms with van der Waals surface area (Å²) in [6.45, 7) is 2.39. The van der Waals surface area contributed by atoms with Crippen molar-refractivity contribution in [1.29, 1.82) is 0 Å². The van der Waals surface area contributed by atoms with Gasteiger partial charge in [0.05, 0.1) is 0 Å². The lowest BCUT2D eigenvalue weighted by atomic mass is 10.00. The minimum atomic E-state index is -0.893. The van der Waals surface area contributed by atoms with Crippen molar-refractivity contribution in [2.75, 3.05) is 19.6 Å². The SMILES string of the molecule is NCC(F)CN1CCc2ccccc2C1. The van der Waals surface area contributed by atoms with Gasteiger partial charge < -0.3 is 5.73 Å². The molecule has 1 aliphatic rings. The van der Waals surface area contributed by atoms with Crippen molar-refractivity contribution in [2.45, 2.75) is 19.1 Å². The predicted octanol–water partition coefficient (Wildman–Crippen LogP) is 1.34. The molecule has 2 rings (SSSR count). The molecule has 1 aromatic carbocycles. The van der Waals surface area contributed by atoms with Gasteiger partial charge in [0.25, 0.3) is 0 Å². The van der Waals surface area contributed by atoms with E-state index in [-0.39, 0.29) is 6.54 Å². The van der Waals surface area contributed by atoms with Gasteiger partial charge in [-0.3, -0.25) is 4.90 Å². The molecule has 1 unspecified atom stereocenters. The Balaban J connectivity index is 1.99. The lowest BCUT2D eigenvalue weighted by molar-refractivity contribution is 0.182. The van der Waals surface area contributed by atoms with Crippen LogP contribution in [0.4, 0.5) is 4.39 Å². The molecule has 1 atom stereocenters. The van der Waals surface area contributed by atoms with Crippen LogP contribution in [0.15, 0.2) is 24.3 Å². The molecule has 0 aliphatic carbocycles. The molecular formula is C12H17FN2. The van der Waals surface area contributed by atoms with Gasteiger partial charge >= 0.3 is 0 Å². The Kier molecular flexibility index (Phi) is 3.34. The maximum atomic E-state index is 13.1. The summed E-state index contributed by atoms with van der Waals surface area (Å²) in [6, 6.07) is 8.38. The first-order valence-electron chi connectivity index (χ1n) is 5.43. The fraction of sp³-hybridized carbons (Fsp3) is 0.500. The number of rotatable bonds is 3. The lowest BCUT2D eigenvalue weighted by Gasteiger charge is -2.29. The van der Waals surface area contributed by atoms with Crippen molar-refractivity contribution in [1.82, 2.24) is 4.90 Å². The van der Waals surface area contributed by atoms with Gasteiger partial charge in [0.15, 0.2) is 0 Å². The second-order valence-electron chi connectivity index (χ2n) is 4.09. The van der Waals surface area contributed by atoms with Gasteiger partial charge in [-0.05, 0) is 17.5 Å². The fourth-order valence-corrected chi connectivity index (χ4v) is 2.06. The van der Waals surface area contributed by atoms with Crippen molar-refractivity contribution in [3.63, 3.8) is 0 Å². The number of hydrogen-bond donors (Lipinski definition) is 1. The summed E-state index contributed by atoms with van der Waals surface area (Å²) in [5, 5.41) is 0. The van der Waals surface area contributed by atoms with Crippen LogP contribution in [-0.2, 0) is 13.0 Å². The van der Waals surface area contributed by atoms with Crippen LogP contribution < -0.4 is 5.73 Å². The van der Waals surface area contributed by atoms with E-state index in [1.807, 2.05) is 6.07 Å². The van der Waals surface area contributed by atoms with Crippen LogP contribution in [0, 0.1) is 0 Å². The number of fused-ring (bicyclic) bond motifs is 1. The van der Waals surface area contributed by atoms with E-state index in [0.717, 1.165) is 19.5 Å². The lowest BCUT2D eigenvalue weighted by Crippen LogP contribution is -2.37. The van der Waals surface area contributed by atoms with E-state index in [4.69, 9.17) is 5.73 Å². The van der Waals surface area contributed by atoms with E-state index in [1.165, 1.54) is 11.1 Å². The molecule has 3 heteroatoms. The maximum absolute atomic E-state index is 13.1. The first kappa shape index (κ1) is 10.6. The molecule has 1 heterocycles. The van der Waals surface area contributed by atoms with Crippen molar-refractivity contribution < 1.29 is 4.39 Å². The Labute approximate surface area is 89.9 Å². The molecule has 82 valence electrons. The zero-order valence-electron chi connectivity index (χ0n) is 8.82. The molecule has 0 fully saturated rings. The first-order valence-corrected chi connectivity index (χ1v) is 5.43. The van der Waals surface area contributed by atoms with Crippen LogP contribution in [0.25, 0.3) is 0 Å². The summed E-state index contributed by atoms with van der Waals surface area (Å²) in [5.41, 5.74) is 8.01. The molecule has 0 aromatic heterocycles. The van der Waals surface area contributed by atoms with Crippen LogP contribution in [-0.4, -0.2) is 30.7 Å². The van der Waals surface area contributed by atoms with E-state index in [1.54, 1.807) is 0 Å². The molecule has 2 nitrogen and oxygen atoms in total. The fourth-order valence-electron chi connectivity index (χ4n) is 2.06. The Morgan fingerprint density at radius 2 is 2.07 bits per heavy atom. The van der Waals surface area contributed by atoms with Crippen LogP contribution in [0.3, 0.4) is 0 Å². The second-order valence-corrected chi connectivity index (χ2v) is 4.09. The van der Waals surface area contributed by atoms with Gasteiger partial charge in [0.2, 0.25) is 0 Å². The van der Waals surface area contributed by atoms with Crippen LogP contribution in [0.2, 0.25) is 0 Å². The summed E-state index contributed by atoms with van der Waals surface area (Å²) < 4.78 is 13.1. The maximum Gasteiger partial charge on any atom is 0.125 e. The number of hydrogen-bond acceptors (Lipinski definition) is 2. The summed E-state index contributed by atoms with van der Waals surface area (Å²) in [6.07, 6.45) is 0.128. The predicted molar refractivity (Wildman–Crippen MR) is 59.4 cm³/mol. The molecule has 0 amide bonds. The highest BCUT2D eigenvalue weighted by Gasteiger charge is 2.18. The minimum Gasteiger partial charge on any atom is -0.328 e. The highest BCUT2D eigenvalue weighted by Crippen LogP contribution is 2.18. The minimum absolute atomic E-state index is 0.123. The van der Waals surface area contributed by atoms with E-state index >= 15 is 0 Å². The van der Waals surface area contributed by atoms with Crippen LogP contribution in [0.5, 0.6) is 0 Å². The zero-order valence-corrected chi connectivity index (χ0v) is 8.82. The number of halogens is 1. The van der Waals surface area contributed by atoms with Crippen molar-refractivity contribution in [2.24, 2.45) is 5.73 Å². The second kappa shape index (κ2) is 4.73. The van der Waals surface area contributed by atoms with E-state index in [9.17, 15) is 4.39 Å². The van der Waals surface area contributed by atoms with Gasteiger partial charge in [-0.1, -0.05) is 24.3 Å². The normalized spacial score (nSPS) is 18.5. The third-order valence-corrected chi connectivity index (χ3v) is 2.92. The standard InChI is InChI=1S/C12H17FN2/c13-12(7-14)9-15-6-5-10-3-1-2-4-11(10)8-15/h1-4,12H,5-9,14H2. The number of benzene rings is 1. The van der Waals surface area contributed by atoms with Crippen LogP contribution in [0.1, 0.15) is 11.1 Å².